The summed E-state index contributed by atoms with van der Waals surface area (Å²) in [6, 6.07) is 7.74. The smallest absolute Gasteiger partial charge is 0.215 e. The number of hydrogen-bond acceptors (Lipinski definition) is 3. The van der Waals surface area contributed by atoms with Gasteiger partial charge in [-0.2, -0.15) is 0 Å². The second kappa shape index (κ2) is 7.38. The molecule has 0 aromatic heterocycles. The molecule has 5 heteroatoms. The van der Waals surface area contributed by atoms with Crippen LogP contribution in [0.15, 0.2) is 24.3 Å². The predicted molar refractivity (Wildman–Crippen MR) is 86.3 cm³/mol. The molecular weight excluding hydrogens is 284 g/mol. The molecule has 0 bridgehead atoms. The molecule has 1 saturated carbocycles. The van der Waals surface area contributed by atoms with Crippen LogP contribution in [0.2, 0.25) is 0 Å². The monoisotopic (exact) mass is 310 g/mol. The van der Waals surface area contributed by atoms with Crippen molar-refractivity contribution in [2.45, 2.75) is 38.5 Å². The first kappa shape index (κ1) is 16.5. The molecule has 2 N–H and O–H groups in total. The van der Waals surface area contributed by atoms with E-state index in [1.807, 2.05) is 31.3 Å². The van der Waals surface area contributed by atoms with Gasteiger partial charge in [0.2, 0.25) is 10.0 Å². The van der Waals surface area contributed by atoms with Gasteiger partial charge in [-0.3, -0.25) is 0 Å². The van der Waals surface area contributed by atoms with Crippen molar-refractivity contribution < 1.29 is 8.42 Å². The Morgan fingerprint density at radius 1 is 1.24 bits per heavy atom. The first-order valence-corrected chi connectivity index (χ1v) is 9.35. The van der Waals surface area contributed by atoms with Crippen molar-refractivity contribution in [3.63, 3.8) is 0 Å². The Balaban J connectivity index is 1.92. The zero-order valence-electron chi connectivity index (χ0n) is 12.9. The van der Waals surface area contributed by atoms with Crippen LogP contribution in [-0.4, -0.2) is 22.0 Å². The van der Waals surface area contributed by atoms with Crippen LogP contribution < -0.4 is 10.0 Å². The molecule has 0 radical (unpaired) electrons. The van der Waals surface area contributed by atoms with E-state index in [0.717, 1.165) is 24.1 Å². The van der Waals surface area contributed by atoms with Crippen LogP contribution in [0, 0.1) is 11.8 Å². The van der Waals surface area contributed by atoms with Gasteiger partial charge in [-0.25, -0.2) is 13.1 Å². The first-order chi connectivity index (χ1) is 10.00. The average Bonchev–Trinajstić information content (AvgIpc) is 2.82. The Kier molecular flexibility index (Phi) is 5.79. The first-order valence-electron chi connectivity index (χ1n) is 7.70. The van der Waals surface area contributed by atoms with Gasteiger partial charge in [0.15, 0.2) is 0 Å². The van der Waals surface area contributed by atoms with Gasteiger partial charge in [-0.05, 0) is 36.4 Å². The molecule has 2 rings (SSSR count). The number of nitrogens with one attached hydrogen (secondary N) is 2. The molecule has 1 aliphatic rings. The number of sulfonamides is 1. The molecule has 0 amide bonds. The third-order valence-corrected chi connectivity index (χ3v) is 5.65. The van der Waals surface area contributed by atoms with E-state index in [4.69, 9.17) is 0 Å². The van der Waals surface area contributed by atoms with Crippen LogP contribution in [0.4, 0.5) is 0 Å². The summed E-state index contributed by atoms with van der Waals surface area (Å²) >= 11 is 0. The van der Waals surface area contributed by atoms with Crippen LogP contribution >= 0.6 is 0 Å². The van der Waals surface area contributed by atoms with Crippen molar-refractivity contribution in [3.8, 4) is 0 Å². The minimum atomic E-state index is -3.25. The number of hydrogen-bond donors (Lipinski definition) is 2. The van der Waals surface area contributed by atoms with Crippen LogP contribution in [-0.2, 0) is 22.3 Å². The highest BCUT2D eigenvalue weighted by molar-refractivity contribution is 7.88. The van der Waals surface area contributed by atoms with E-state index < -0.39 is 10.0 Å². The maximum absolute atomic E-state index is 12.2. The van der Waals surface area contributed by atoms with Crippen LogP contribution in [0.1, 0.15) is 37.3 Å². The summed E-state index contributed by atoms with van der Waals surface area (Å²) in [4.78, 5) is 0. The summed E-state index contributed by atoms with van der Waals surface area (Å²) in [5, 5.41) is 3.08. The molecule has 4 nitrogen and oxygen atoms in total. The van der Waals surface area contributed by atoms with Gasteiger partial charge in [0, 0.05) is 13.1 Å². The molecule has 0 saturated heterocycles. The lowest BCUT2D eigenvalue weighted by atomic mass is 9.99. The fourth-order valence-corrected chi connectivity index (χ4v) is 4.25. The van der Waals surface area contributed by atoms with E-state index in [-0.39, 0.29) is 5.75 Å². The van der Waals surface area contributed by atoms with E-state index in [0.29, 0.717) is 18.4 Å². The van der Waals surface area contributed by atoms with Crippen molar-refractivity contribution in [1.82, 2.24) is 10.0 Å². The van der Waals surface area contributed by atoms with Gasteiger partial charge in [0.05, 0.1) is 5.75 Å². The molecular formula is C16H26N2O2S. The number of rotatable bonds is 7. The fraction of sp³-hybridized carbons (Fsp3) is 0.625. The standard InChI is InChI=1S/C16H26N2O2S/c1-13-5-3-8-16(13)11-18-21(19,20)12-15-7-4-6-14(9-15)10-17-2/h4,6-7,9,13,16-18H,3,5,8,10-12H2,1-2H3. The molecule has 1 fully saturated rings. The van der Waals surface area contributed by atoms with Gasteiger partial charge >= 0.3 is 0 Å². The zero-order valence-corrected chi connectivity index (χ0v) is 13.7. The quantitative estimate of drug-likeness (QED) is 0.812. The SMILES string of the molecule is CNCc1cccc(CS(=O)(=O)NCC2CCCC2C)c1. The van der Waals surface area contributed by atoms with Gasteiger partial charge in [0.1, 0.15) is 0 Å². The van der Waals surface area contributed by atoms with Gasteiger partial charge < -0.3 is 5.32 Å². The van der Waals surface area contributed by atoms with E-state index in [1.54, 1.807) is 0 Å². The van der Waals surface area contributed by atoms with Crippen LogP contribution in [0.3, 0.4) is 0 Å². The van der Waals surface area contributed by atoms with E-state index >= 15 is 0 Å². The highest BCUT2D eigenvalue weighted by atomic mass is 32.2. The minimum Gasteiger partial charge on any atom is -0.316 e. The molecule has 1 aromatic carbocycles. The van der Waals surface area contributed by atoms with Crippen molar-refractivity contribution in [3.05, 3.63) is 35.4 Å². The number of benzene rings is 1. The van der Waals surface area contributed by atoms with Gasteiger partial charge in [0.25, 0.3) is 0 Å². The van der Waals surface area contributed by atoms with Crippen molar-refractivity contribution in [1.29, 1.82) is 0 Å². The Bertz CT molecular complexity index is 557. The minimum absolute atomic E-state index is 0.0612. The van der Waals surface area contributed by atoms with Crippen LogP contribution in [0.25, 0.3) is 0 Å². The molecule has 1 aliphatic carbocycles. The molecule has 1 aromatic rings. The van der Waals surface area contributed by atoms with E-state index in [9.17, 15) is 8.42 Å². The van der Waals surface area contributed by atoms with Gasteiger partial charge in [-0.15, -0.1) is 0 Å². The third kappa shape index (κ3) is 5.09. The highest BCUT2D eigenvalue weighted by Crippen LogP contribution is 2.30. The fourth-order valence-electron chi connectivity index (χ4n) is 3.06. The van der Waals surface area contributed by atoms with Gasteiger partial charge in [-0.1, -0.05) is 44.0 Å². The average molecular weight is 310 g/mol. The van der Waals surface area contributed by atoms with Crippen molar-refractivity contribution in [2.75, 3.05) is 13.6 Å². The molecule has 21 heavy (non-hydrogen) atoms. The molecule has 2 unspecified atom stereocenters. The zero-order chi connectivity index (χ0) is 15.3. The Labute approximate surface area is 128 Å². The maximum atomic E-state index is 12.2. The lowest BCUT2D eigenvalue weighted by Crippen LogP contribution is -2.31. The maximum Gasteiger partial charge on any atom is 0.215 e. The Hall–Kier alpha value is -0.910. The second-order valence-electron chi connectivity index (χ2n) is 6.13. The molecule has 2 atom stereocenters. The molecule has 118 valence electrons. The topological polar surface area (TPSA) is 58.2 Å². The lowest BCUT2D eigenvalue weighted by Gasteiger charge is -2.16. The summed E-state index contributed by atoms with van der Waals surface area (Å²) in [5.74, 6) is 1.19. The van der Waals surface area contributed by atoms with E-state index in [1.165, 1.54) is 12.8 Å². The van der Waals surface area contributed by atoms with Crippen LogP contribution in [0.5, 0.6) is 0 Å². The predicted octanol–water partition coefficient (Wildman–Crippen LogP) is 2.26. The normalized spacial score (nSPS) is 22.6. The summed E-state index contributed by atoms with van der Waals surface area (Å²) in [7, 11) is -1.36. The Morgan fingerprint density at radius 3 is 2.67 bits per heavy atom. The largest absolute Gasteiger partial charge is 0.316 e. The lowest BCUT2D eigenvalue weighted by molar-refractivity contribution is 0.414. The summed E-state index contributed by atoms with van der Waals surface area (Å²) in [6.07, 6.45) is 3.58. The molecule has 0 heterocycles. The summed E-state index contributed by atoms with van der Waals surface area (Å²) < 4.78 is 27.2. The second-order valence-corrected chi connectivity index (χ2v) is 7.93. The van der Waals surface area contributed by atoms with Crippen molar-refractivity contribution >= 4 is 10.0 Å². The summed E-state index contributed by atoms with van der Waals surface area (Å²) in [5.41, 5.74) is 1.95. The Morgan fingerprint density at radius 2 is 2.00 bits per heavy atom. The molecule has 0 aliphatic heterocycles. The van der Waals surface area contributed by atoms with E-state index in [2.05, 4.69) is 17.0 Å². The summed E-state index contributed by atoms with van der Waals surface area (Å²) in [6.45, 7) is 3.55. The molecule has 0 spiro atoms. The highest BCUT2D eigenvalue weighted by Gasteiger charge is 2.24. The third-order valence-electron chi connectivity index (χ3n) is 4.33. The van der Waals surface area contributed by atoms with Crippen molar-refractivity contribution in [2.24, 2.45) is 11.8 Å².